The van der Waals surface area contributed by atoms with Crippen molar-refractivity contribution in [3.05, 3.63) is 18.1 Å². The number of nitrogens with zero attached hydrogens (tertiary/aromatic N) is 2. The second-order valence-electron chi connectivity index (χ2n) is 5.26. The summed E-state index contributed by atoms with van der Waals surface area (Å²) in [6.45, 7) is 2.43. The second-order valence-corrected chi connectivity index (χ2v) is 5.26. The molecule has 0 saturated carbocycles. The molecule has 0 aliphatic carbocycles. The fourth-order valence-electron chi connectivity index (χ4n) is 2.85. The predicted molar refractivity (Wildman–Crippen MR) is 70.4 cm³/mol. The van der Waals surface area contributed by atoms with Gasteiger partial charge in [-0.2, -0.15) is 0 Å². The molecule has 20 heavy (non-hydrogen) atoms. The van der Waals surface area contributed by atoms with E-state index in [4.69, 9.17) is 15.2 Å². The van der Waals surface area contributed by atoms with Crippen LogP contribution in [-0.4, -0.2) is 47.3 Å². The van der Waals surface area contributed by atoms with Gasteiger partial charge in [-0.05, 0) is 25.9 Å². The van der Waals surface area contributed by atoms with Crippen molar-refractivity contribution >= 4 is 5.91 Å². The molecular formula is C13H18N4O3. The summed E-state index contributed by atoms with van der Waals surface area (Å²) in [5, 5.41) is 3.32. The number of carbonyl (C=O) groups excluding carboxylic acids is 1. The molecule has 1 aromatic rings. The highest BCUT2D eigenvalue weighted by atomic mass is 16.6. The number of nitrogens with two attached hydrogens (primary N) is 1. The zero-order chi connectivity index (χ0) is 14.0. The standard InChI is InChI=1S/C13H18N4O3/c14-11(18)10-12(17-6-5-16-10)20-9-7-13(19-8-9)1-3-15-4-2-13/h5-6,9,15H,1-4,7-8H2,(H2,14,18). The number of ether oxygens (including phenoxy) is 2. The van der Waals surface area contributed by atoms with E-state index in [0.717, 1.165) is 32.4 Å². The monoisotopic (exact) mass is 278 g/mol. The minimum absolute atomic E-state index is 0.0683. The Morgan fingerprint density at radius 3 is 2.90 bits per heavy atom. The molecule has 1 unspecified atom stereocenters. The van der Waals surface area contributed by atoms with Crippen LogP contribution in [0.5, 0.6) is 5.88 Å². The van der Waals surface area contributed by atoms with Crippen molar-refractivity contribution < 1.29 is 14.3 Å². The van der Waals surface area contributed by atoms with E-state index in [1.54, 1.807) is 0 Å². The van der Waals surface area contributed by atoms with Gasteiger partial charge >= 0.3 is 0 Å². The van der Waals surface area contributed by atoms with Gasteiger partial charge in [0.15, 0.2) is 5.69 Å². The van der Waals surface area contributed by atoms with Gasteiger partial charge in [-0.15, -0.1) is 0 Å². The van der Waals surface area contributed by atoms with E-state index in [0.29, 0.717) is 6.61 Å². The molecule has 3 heterocycles. The Morgan fingerprint density at radius 2 is 2.15 bits per heavy atom. The van der Waals surface area contributed by atoms with E-state index in [-0.39, 0.29) is 23.3 Å². The minimum Gasteiger partial charge on any atom is -0.470 e. The third-order valence-electron chi connectivity index (χ3n) is 3.87. The Bertz CT molecular complexity index is 502. The molecule has 3 N–H and O–H groups in total. The Balaban J connectivity index is 1.69. The number of nitrogens with one attached hydrogen (secondary N) is 1. The van der Waals surface area contributed by atoms with E-state index >= 15 is 0 Å². The molecule has 1 aromatic heterocycles. The Labute approximate surface area is 116 Å². The van der Waals surface area contributed by atoms with E-state index in [2.05, 4.69) is 15.3 Å². The summed E-state index contributed by atoms with van der Waals surface area (Å²) in [6.07, 6.45) is 5.57. The van der Waals surface area contributed by atoms with E-state index in [1.165, 1.54) is 12.4 Å². The van der Waals surface area contributed by atoms with Crippen molar-refractivity contribution in [2.24, 2.45) is 5.73 Å². The first-order valence-corrected chi connectivity index (χ1v) is 6.81. The van der Waals surface area contributed by atoms with Crippen LogP contribution in [-0.2, 0) is 4.74 Å². The van der Waals surface area contributed by atoms with Gasteiger partial charge in [-0.3, -0.25) is 4.79 Å². The maximum Gasteiger partial charge on any atom is 0.272 e. The first-order valence-electron chi connectivity index (χ1n) is 6.81. The van der Waals surface area contributed by atoms with Crippen LogP contribution in [0.25, 0.3) is 0 Å². The van der Waals surface area contributed by atoms with Crippen LogP contribution in [0, 0.1) is 0 Å². The van der Waals surface area contributed by atoms with Gasteiger partial charge < -0.3 is 20.5 Å². The molecule has 2 saturated heterocycles. The number of piperidine rings is 1. The average Bonchev–Trinajstić information content (AvgIpc) is 2.82. The number of primary amides is 1. The largest absolute Gasteiger partial charge is 0.470 e. The molecule has 2 aliphatic heterocycles. The van der Waals surface area contributed by atoms with Crippen LogP contribution in [0.15, 0.2) is 12.4 Å². The highest BCUT2D eigenvalue weighted by molar-refractivity contribution is 5.92. The molecule has 1 spiro atoms. The average molecular weight is 278 g/mol. The van der Waals surface area contributed by atoms with Gasteiger partial charge in [0.05, 0.1) is 12.2 Å². The molecule has 7 nitrogen and oxygen atoms in total. The number of hydrogen-bond acceptors (Lipinski definition) is 6. The molecule has 0 bridgehead atoms. The topological polar surface area (TPSA) is 99.4 Å². The van der Waals surface area contributed by atoms with Gasteiger partial charge in [0.1, 0.15) is 6.10 Å². The van der Waals surface area contributed by atoms with Gasteiger partial charge in [-0.1, -0.05) is 0 Å². The fourth-order valence-corrected chi connectivity index (χ4v) is 2.85. The third kappa shape index (κ3) is 2.59. The molecular weight excluding hydrogens is 260 g/mol. The Kier molecular flexibility index (Phi) is 3.54. The number of carbonyl (C=O) groups is 1. The number of amides is 1. The van der Waals surface area contributed by atoms with Crippen LogP contribution < -0.4 is 15.8 Å². The lowest BCUT2D eigenvalue weighted by atomic mass is 9.89. The van der Waals surface area contributed by atoms with Gasteiger partial charge in [0.2, 0.25) is 5.88 Å². The molecule has 7 heteroatoms. The van der Waals surface area contributed by atoms with Gasteiger partial charge in [0.25, 0.3) is 5.91 Å². The molecule has 0 aromatic carbocycles. The molecule has 108 valence electrons. The molecule has 3 rings (SSSR count). The van der Waals surface area contributed by atoms with Crippen LogP contribution in [0.2, 0.25) is 0 Å². The summed E-state index contributed by atoms with van der Waals surface area (Å²) in [5.74, 6) is -0.442. The zero-order valence-corrected chi connectivity index (χ0v) is 11.2. The van der Waals surface area contributed by atoms with E-state index in [1.807, 2.05) is 0 Å². The maximum atomic E-state index is 11.3. The highest BCUT2D eigenvalue weighted by Crippen LogP contribution is 2.35. The molecule has 2 aliphatic rings. The van der Waals surface area contributed by atoms with Crippen molar-refractivity contribution in [3.63, 3.8) is 0 Å². The van der Waals surface area contributed by atoms with Crippen LogP contribution in [0.1, 0.15) is 29.8 Å². The Hall–Kier alpha value is -1.73. The van der Waals surface area contributed by atoms with Crippen molar-refractivity contribution in [3.8, 4) is 5.88 Å². The van der Waals surface area contributed by atoms with E-state index in [9.17, 15) is 4.79 Å². The first kappa shape index (κ1) is 13.3. The molecule has 1 amide bonds. The van der Waals surface area contributed by atoms with Gasteiger partial charge in [0, 0.05) is 18.8 Å². The summed E-state index contributed by atoms with van der Waals surface area (Å²) < 4.78 is 11.7. The summed E-state index contributed by atoms with van der Waals surface area (Å²) in [6, 6.07) is 0. The smallest absolute Gasteiger partial charge is 0.272 e. The van der Waals surface area contributed by atoms with Crippen molar-refractivity contribution in [1.29, 1.82) is 0 Å². The normalized spacial score (nSPS) is 24.7. The minimum atomic E-state index is -0.636. The fraction of sp³-hybridized carbons (Fsp3) is 0.615. The summed E-state index contributed by atoms with van der Waals surface area (Å²) in [5.41, 5.74) is 5.24. The molecule has 2 fully saturated rings. The third-order valence-corrected chi connectivity index (χ3v) is 3.87. The van der Waals surface area contributed by atoms with Gasteiger partial charge in [-0.25, -0.2) is 9.97 Å². The molecule has 1 atom stereocenters. The zero-order valence-electron chi connectivity index (χ0n) is 11.2. The Morgan fingerprint density at radius 1 is 1.40 bits per heavy atom. The first-order chi connectivity index (χ1) is 9.69. The van der Waals surface area contributed by atoms with Crippen molar-refractivity contribution in [2.75, 3.05) is 19.7 Å². The van der Waals surface area contributed by atoms with Crippen molar-refractivity contribution in [2.45, 2.75) is 31.0 Å². The lowest BCUT2D eigenvalue weighted by Gasteiger charge is -2.32. The van der Waals surface area contributed by atoms with Crippen LogP contribution in [0.3, 0.4) is 0 Å². The summed E-state index contributed by atoms with van der Waals surface area (Å²) >= 11 is 0. The quantitative estimate of drug-likeness (QED) is 0.798. The predicted octanol–water partition coefficient (Wildman–Crippen LogP) is -0.135. The van der Waals surface area contributed by atoms with E-state index < -0.39 is 5.91 Å². The maximum absolute atomic E-state index is 11.3. The van der Waals surface area contributed by atoms with Crippen LogP contribution >= 0.6 is 0 Å². The SMILES string of the molecule is NC(=O)c1nccnc1OC1COC2(CCNCC2)C1. The lowest BCUT2D eigenvalue weighted by Crippen LogP contribution is -2.41. The summed E-state index contributed by atoms with van der Waals surface area (Å²) in [7, 11) is 0. The highest BCUT2D eigenvalue weighted by Gasteiger charge is 2.42. The van der Waals surface area contributed by atoms with Crippen LogP contribution in [0.4, 0.5) is 0 Å². The number of hydrogen-bond donors (Lipinski definition) is 2. The molecule has 0 radical (unpaired) electrons. The summed E-state index contributed by atoms with van der Waals surface area (Å²) in [4.78, 5) is 19.2. The number of aromatic nitrogens is 2. The van der Waals surface area contributed by atoms with Crippen molar-refractivity contribution in [1.82, 2.24) is 15.3 Å². The second kappa shape index (κ2) is 5.34. The number of rotatable bonds is 3. The lowest BCUT2D eigenvalue weighted by molar-refractivity contribution is -0.0206.